The lowest BCUT2D eigenvalue weighted by Crippen LogP contribution is -1.99. The average Bonchev–Trinajstić information content (AvgIpc) is 2.55. The summed E-state index contributed by atoms with van der Waals surface area (Å²) in [5.41, 5.74) is 1.50. The molecule has 0 bridgehead atoms. The fraction of sp³-hybridized carbons (Fsp3) is 0.118. The molecule has 0 aliphatic carbocycles. The minimum Gasteiger partial charge on any atom is -0.493 e. The number of halogens is 1. The van der Waals surface area contributed by atoms with Crippen LogP contribution >= 0.6 is 22.6 Å². The van der Waals surface area contributed by atoms with E-state index in [2.05, 4.69) is 27.9 Å². The van der Waals surface area contributed by atoms with Crippen molar-refractivity contribution in [2.75, 3.05) is 19.5 Å². The lowest BCUT2D eigenvalue weighted by atomic mass is 10.1. The zero-order valence-electron chi connectivity index (χ0n) is 12.3. The van der Waals surface area contributed by atoms with Crippen LogP contribution in [0.4, 0.5) is 5.69 Å². The van der Waals surface area contributed by atoms with Gasteiger partial charge in [0.15, 0.2) is 17.3 Å². The predicted octanol–water partition coefficient (Wildman–Crippen LogP) is 4.12. The van der Waals surface area contributed by atoms with Crippen LogP contribution in [0.15, 0.2) is 54.7 Å². The van der Waals surface area contributed by atoms with Gasteiger partial charge < -0.3 is 14.8 Å². The van der Waals surface area contributed by atoms with Crippen LogP contribution in [-0.4, -0.2) is 20.0 Å². The largest absolute Gasteiger partial charge is 0.493 e. The number of rotatable bonds is 6. The van der Waals surface area contributed by atoms with Crippen LogP contribution in [-0.2, 0) is 0 Å². The first-order valence-corrected chi connectivity index (χ1v) is 7.67. The number of hydrogen-bond acceptors (Lipinski definition) is 4. The van der Waals surface area contributed by atoms with E-state index in [0.29, 0.717) is 17.1 Å². The molecule has 0 saturated carbocycles. The van der Waals surface area contributed by atoms with Crippen molar-refractivity contribution in [3.8, 4) is 11.5 Å². The maximum Gasteiger partial charge on any atom is 0.187 e. The molecule has 114 valence electrons. The second-order valence-electron chi connectivity index (χ2n) is 4.39. The van der Waals surface area contributed by atoms with Crippen LogP contribution in [0.3, 0.4) is 0 Å². The maximum atomic E-state index is 12.2. The average molecular weight is 409 g/mol. The highest BCUT2D eigenvalue weighted by Gasteiger charge is 2.08. The molecule has 0 spiro atoms. The van der Waals surface area contributed by atoms with Gasteiger partial charge in [-0.2, -0.15) is 0 Å². The van der Waals surface area contributed by atoms with Crippen LogP contribution < -0.4 is 14.8 Å². The normalized spacial score (nSPS) is 10.5. The van der Waals surface area contributed by atoms with Crippen molar-refractivity contribution in [3.05, 3.63) is 63.9 Å². The van der Waals surface area contributed by atoms with Gasteiger partial charge in [0, 0.05) is 21.4 Å². The Bertz CT molecular complexity index is 698. The number of methoxy groups -OCH3 is 2. The summed E-state index contributed by atoms with van der Waals surface area (Å²) in [5, 5.41) is 3.10. The Kier molecular flexibility index (Phi) is 5.83. The lowest BCUT2D eigenvalue weighted by Gasteiger charge is -2.08. The third-order valence-electron chi connectivity index (χ3n) is 3.02. The van der Waals surface area contributed by atoms with Crippen molar-refractivity contribution in [2.24, 2.45) is 0 Å². The first kappa shape index (κ1) is 16.4. The van der Waals surface area contributed by atoms with Gasteiger partial charge in [-0.3, -0.25) is 4.79 Å². The summed E-state index contributed by atoms with van der Waals surface area (Å²) in [6.07, 6.45) is 3.13. The number of hydrogen-bond donors (Lipinski definition) is 1. The quantitative estimate of drug-likeness (QED) is 0.443. The second-order valence-corrected chi connectivity index (χ2v) is 5.55. The highest BCUT2D eigenvalue weighted by Crippen LogP contribution is 2.27. The molecule has 0 aliphatic heterocycles. The molecular weight excluding hydrogens is 393 g/mol. The fourth-order valence-electron chi connectivity index (χ4n) is 1.87. The number of anilines is 1. The van der Waals surface area contributed by atoms with E-state index in [1.54, 1.807) is 38.6 Å². The predicted molar refractivity (Wildman–Crippen MR) is 95.8 cm³/mol. The van der Waals surface area contributed by atoms with Crippen LogP contribution in [0.2, 0.25) is 0 Å². The third-order valence-corrected chi connectivity index (χ3v) is 3.96. The summed E-state index contributed by atoms with van der Waals surface area (Å²) in [5.74, 6) is 1.02. The van der Waals surface area contributed by atoms with Crippen LogP contribution in [0.1, 0.15) is 10.4 Å². The maximum absolute atomic E-state index is 12.2. The highest BCUT2D eigenvalue weighted by atomic mass is 127. The van der Waals surface area contributed by atoms with E-state index in [0.717, 1.165) is 9.26 Å². The van der Waals surface area contributed by atoms with Crippen LogP contribution in [0.25, 0.3) is 0 Å². The van der Waals surface area contributed by atoms with Gasteiger partial charge in [-0.25, -0.2) is 0 Å². The zero-order valence-corrected chi connectivity index (χ0v) is 14.5. The molecule has 0 aliphatic rings. The molecule has 4 nitrogen and oxygen atoms in total. The number of nitrogens with one attached hydrogen (secondary N) is 1. The van der Waals surface area contributed by atoms with Crippen LogP contribution in [0.5, 0.6) is 11.5 Å². The SMILES string of the molecule is COc1ccc(C(=O)C=CNc2ccccc2I)cc1OC. The smallest absolute Gasteiger partial charge is 0.187 e. The Morgan fingerprint density at radius 1 is 1.09 bits per heavy atom. The minimum absolute atomic E-state index is 0.112. The molecule has 0 unspecified atom stereocenters. The monoisotopic (exact) mass is 409 g/mol. The van der Waals surface area contributed by atoms with Gasteiger partial charge in [-0.05, 0) is 52.9 Å². The molecule has 0 heterocycles. The van der Waals surface area contributed by atoms with E-state index in [1.165, 1.54) is 6.08 Å². The molecule has 2 rings (SSSR count). The van der Waals surface area contributed by atoms with E-state index >= 15 is 0 Å². The molecule has 0 radical (unpaired) electrons. The number of carbonyl (C=O) groups excluding carboxylic acids is 1. The molecule has 0 fully saturated rings. The minimum atomic E-state index is -0.112. The standard InChI is InChI=1S/C17H16INO3/c1-21-16-8-7-12(11-17(16)22-2)15(20)9-10-19-14-6-4-3-5-13(14)18/h3-11,19H,1-2H3. The number of carbonyl (C=O) groups is 1. The van der Waals surface area contributed by atoms with Gasteiger partial charge in [0.25, 0.3) is 0 Å². The molecule has 5 heteroatoms. The van der Waals surface area contributed by atoms with Gasteiger partial charge in [-0.1, -0.05) is 12.1 Å². The molecule has 1 N–H and O–H groups in total. The van der Waals surface area contributed by atoms with Gasteiger partial charge in [0.1, 0.15) is 0 Å². The number of ether oxygens (including phenoxy) is 2. The van der Waals surface area contributed by atoms with Crippen molar-refractivity contribution in [1.82, 2.24) is 0 Å². The lowest BCUT2D eigenvalue weighted by molar-refractivity contribution is 0.104. The number of benzene rings is 2. The van der Waals surface area contributed by atoms with Gasteiger partial charge in [-0.15, -0.1) is 0 Å². The van der Waals surface area contributed by atoms with E-state index in [-0.39, 0.29) is 5.78 Å². The van der Waals surface area contributed by atoms with Crippen molar-refractivity contribution < 1.29 is 14.3 Å². The molecule has 0 atom stereocenters. The van der Waals surface area contributed by atoms with Crippen molar-refractivity contribution in [1.29, 1.82) is 0 Å². The number of para-hydroxylation sites is 1. The second kappa shape index (κ2) is 7.84. The Morgan fingerprint density at radius 2 is 1.82 bits per heavy atom. The van der Waals surface area contributed by atoms with Gasteiger partial charge in [0.2, 0.25) is 0 Å². The Hall–Kier alpha value is -2.02. The van der Waals surface area contributed by atoms with Gasteiger partial charge >= 0.3 is 0 Å². The Labute approximate surface area is 143 Å². The molecule has 22 heavy (non-hydrogen) atoms. The summed E-state index contributed by atoms with van der Waals surface area (Å²) >= 11 is 2.23. The highest BCUT2D eigenvalue weighted by molar-refractivity contribution is 14.1. The Balaban J connectivity index is 2.09. The number of allylic oxidation sites excluding steroid dienone is 1. The summed E-state index contributed by atoms with van der Waals surface area (Å²) in [4.78, 5) is 12.2. The van der Waals surface area contributed by atoms with Crippen molar-refractivity contribution >= 4 is 34.1 Å². The van der Waals surface area contributed by atoms with E-state index in [4.69, 9.17) is 9.47 Å². The summed E-state index contributed by atoms with van der Waals surface area (Å²) < 4.78 is 11.4. The molecule has 0 amide bonds. The van der Waals surface area contributed by atoms with Crippen LogP contribution in [0, 0.1) is 3.57 Å². The van der Waals surface area contributed by atoms with E-state index in [1.807, 2.05) is 24.3 Å². The zero-order chi connectivity index (χ0) is 15.9. The molecule has 0 aromatic heterocycles. The number of ketones is 1. The van der Waals surface area contributed by atoms with Crippen molar-refractivity contribution in [3.63, 3.8) is 0 Å². The fourth-order valence-corrected chi connectivity index (χ4v) is 2.41. The molecule has 2 aromatic rings. The van der Waals surface area contributed by atoms with Crippen molar-refractivity contribution in [2.45, 2.75) is 0 Å². The molecule has 2 aromatic carbocycles. The third kappa shape index (κ3) is 4.00. The van der Waals surface area contributed by atoms with E-state index in [9.17, 15) is 4.79 Å². The first-order chi connectivity index (χ1) is 10.7. The Morgan fingerprint density at radius 3 is 2.50 bits per heavy atom. The molecular formula is C17H16INO3. The van der Waals surface area contributed by atoms with E-state index < -0.39 is 0 Å². The molecule has 0 saturated heterocycles. The topological polar surface area (TPSA) is 47.6 Å². The summed E-state index contributed by atoms with van der Waals surface area (Å²) in [6.45, 7) is 0. The summed E-state index contributed by atoms with van der Waals surface area (Å²) in [7, 11) is 3.10. The first-order valence-electron chi connectivity index (χ1n) is 6.59. The van der Waals surface area contributed by atoms with Gasteiger partial charge in [0.05, 0.1) is 19.9 Å². The summed E-state index contributed by atoms with van der Waals surface area (Å²) in [6, 6.07) is 12.9.